The van der Waals surface area contributed by atoms with Crippen molar-refractivity contribution >= 4 is 29.2 Å². The van der Waals surface area contributed by atoms with Crippen molar-refractivity contribution in [1.82, 2.24) is 4.98 Å². The molecule has 2 aromatic rings. The van der Waals surface area contributed by atoms with Crippen LogP contribution in [0.15, 0.2) is 41.5 Å². The van der Waals surface area contributed by atoms with Gasteiger partial charge in [0.2, 0.25) is 0 Å². The van der Waals surface area contributed by atoms with Gasteiger partial charge in [0.15, 0.2) is 0 Å². The first-order valence-corrected chi connectivity index (χ1v) is 7.44. The summed E-state index contributed by atoms with van der Waals surface area (Å²) in [6.45, 7) is 0.177. The predicted molar refractivity (Wildman–Crippen MR) is 90.8 cm³/mol. The zero-order valence-corrected chi connectivity index (χ0v) is 13.7. The number of pyridine rings is 1. The van der Waals surface area contributed by atoms with Gasteiger partial charge in [-0.3, -0.25) is 4.79 Å². The van der Waals surface area contributed by atoms with E-state index >= 15 is 0 Å². The van der Waals surface area contributed by atoms with Crippen molar-refractivity contribution in [2.24, 2.45) is 10.7 Å². The van der Waals surface area contributed by atoms with Crippen LogP contribution in [0.5, 0.6) is 0 Å². The first-order chi connectivity index (χ1) is 11.5. The molecule has 0 bridgehead atoms. The van der Waals surface area contributed by atoms with Gasteiger partial charge in [0.25, 0.3) is 11.9 Å². The summed E-state index contributed by atoms with van der Waals surface area (Å²) in [7, 11) is 1.50. The molecule has 6 nitrogen and oxygen atoms in total. The third-order valence-electron chi connectivity index (χ3n) is 3.11. The number of nitrogens with zero attached hydrogens (tertiary/aromatic N) is 2. The summed E-state index contributed by atoms with van der Waals surface area (Å²) in [5.41, 5.74) is 6.45. The van der Waals surface area contributed by atoms with Crippen molar-refractivity contribution < 1.29 is 13.9 Å². The van der Waals surface area contributed by atoms with Crippen LogP contribution in [0.4, 0.5) is 10.1 Å². The number of amides is 1. The minimum absolute atomic E-state index is 0.0358. The standard InChI is InChI=1S/C16H16ClFN4O2/c1-20-16(19)24-7-6-10-8-12(3-4-13(10)18)22-15(23)14-5-2-11(17)9-21-14/h2-5,8-9H,6-7H2,1H3,(H2,19,20)(H,22,23). The molecule has 1 aromatic carbocycles. The number of anilines is 1. The molecular weight excluding hydrogens is 335 g/mol. The Labute approximate surface area is 143 Å². The molecule has 1 heterocycles. The van der Waals surface area contributed by atoms with Gasteiger partial charge in [-0.25, -0.2) is 14.4 Å². The summed E-state index contributed by atoms with van der Waals surface area (Å²) in [4.78, 5) is 19.7. The fraction of sp³-hybridized carbons (Fsp3) is 0.188. The molecule has 0 atom stereocenters. The molecule has 2 rings (SSSR count). The second kappa shape index (κ2) is 8.26. The van der Waals surface area contributed by atoms with Gasteiger partial charge in [-0.2, -0.15) is 0 Å². The van der Waals surface area contributed by atoms with Gasteiger partial charge in [0.05, 0.1) is 11.6 Å². The molecular formula is C16H16ClFN4O2. The number of carbonyl (C=O) groups is 1. The highest BCUT2D eigenvalue weighted by atomic mass is 35.5. The summed E-state index contributed by atoms with van der Waals surface area (Å²) < 4.78 is 18.9. The van der Waals surface area contributed by atoms with Crippen molar-refractivity contribution in [3.63, 3.8) is 0 Å². The molecule has 0 radical (unpaired) electrons. The number of rotatable bonds is 5. The number of nitrogens with one attached hydrogen (secondary N) is 1. The van der Waals surface area contributed by atoms with Gasteiger partial charge in [-0.1, -0.05) is 11.6 Å². The summed E-state index contributed by atoms with van der Waals surface area (Å²) in [5, 5.41) is 3.09. The van der Waals surface area contributed by atoms with Gasteiger partial charge in [0, 0.05) is 25.4 Å². The molecule has 0 aliphatic rings. The number of amidine groups is 1. The lowest BCUT2D eigenvalue weighted by Gasteiger charge is -2.09. The molecule has 1 amide bonds. The quantitative estimate of drug-likeness (QED) is 0.640. The molecule has 0 saturated carbocycles. The average molecular weight is 351 g/mol. The van der Waals surface area contributed by atoms with Gasteiger partial charge < -0.3 is 15.8 Å². The highest BCUT2D eigenvalue weighted by molar-refractivity contribution is 6.30. The Hall–Kier alpha value is -2.67. The van der Waals surface area contributed by atoms with E-state index in [0.717, 1.165) is 0 Å². The predicted octanol–water partition coefficient (Wildman–Crippen LogP) is 2.63. The third-order valence-corrected chi connectivity index (χ3v) is 3.33. The van der Waals surface area contributed by atoms with Gasteiger partial charge in [-0.05, 0) is 35.9 Å². The van der Waals surface area contributed by atoms with Crippen molar-refractivity contribution in [2.75, 3.05) is 19.0 Å². The summed E-state index contributed by atoms with van der Waals surface area (Å²) in [6, 6.07) is 7.38. The van der Waals surface area contributed by atoms with E-state index in [0.29, 0.717) is 16.3 Å². The van der Waals surface area contributed by atoms with E-state index in [2.05, 4.69) is 15.3 Å². The minimum atomic E-state index is -0.414. The first kappa shape index (κ1) is 17.7. The highest BCUT2D eigenvalue weighted by Gasteiger charge is 2.10. The maximum atomic E-state index is 13.8. The minimum Gasteiger partial charge on any atom is -0.465 e. The molecule has 0 aliphatic heterocycles. The number of nitrogens with two attached hydrogens (primary N) is 1. The van der Waals surface area contributed by atoms with E-state index in [1.807, 2.05) is 0 Å². The SMILES string of the molecule is CN=C(N)OCCc1cc(NC(=O)c2ccc(Cl)cn2)ccc1F. The number of aliphatic imine (C=N–C) groups is 1. The fourth-order valence-electron chi connectivity index (χ4n) is 1.88. The smallest absolute Gasteiger partial charge is 0.281 e. The van der Waals surface area contributed by atoms with E-state index < -0.39 is 11.7 Å². The fourth-order valence-corrected chi connectivity index (χ4v) is 1.99. The van der Waals surface area contributed by atoms with Crippen LogP contribution >= 0.6 is 11.6 Å². The Bertz CT molecular complexity index is 750. The van der Waals surface area contributed by atoms with Crippen molar-refractivity contribution in [3.05, 3.63) is 58.6 Å². The lowest BCUT2D eigenvalue weighted by molar-refractivity contribution is 0.102. The molecule has 126 valence electrons. The summed E-state index contributed by atoms with van der Waals surface area (Å²) in [6.07, 6.45) is 1.66. The largest absolute Gasteiger partial charge is 0.465 e. The molecule has 24 heavy (non-hydrogen) atoms. The van der Waals surface area contributed by atoms with E-state index in [4.69, 9.17) is 22.1 Å². The average Bonchev–Trinajstić information content (AvgIpc) is 2.58. The Kier molecular flexibility index (Phi) is 6.08. The Morgan fingerprint density at radius 1 is 1.42 bits per heavy atom. The number of hydrogen-bond donors (Lipinski definition) is 2. The van der Waals surface area contributed by atoms with Gasteiger partial charge in [0.1, 0.15) is 11.5 Å². The Morgan fingerprint density at radius 2 is 2.21 bits per heavy atom. The number of aromatic nitrogens is 1. The number of halogens is 2. The van der Waals surface area contributed by atoms with Gasteiger partial charge >= 0.3 is 0 Å². The van der Waals surface area contributed by atoms with Crippen LogP contribution < -0.4 is 11.1 Å². The van der Waals surface area contributed by atoms with E-state index in [1.165, 1.54) is 37.5 Å². The summed E-state index contributed by atoms with van der Waals surface area (Å²) >= 11 is 5.73. The molecule has 0 saturated heterocycles. The molecule has 0 fully saturated rings. The van der Waals surface area contributed by atoms with Crippen LogP contribution in [-0.2, 0) is 11.2 Å². The van der Waals surface area contributed by atoms with Crippen molar-refractivity contribution in [3.8, 4) is 0 Å². The van der Waals surface area contributed by atoms with Crippen LogP contribution in [0.2, 0.25) is 5.02 Å². The van der Waals surface area contributed by atoms with Crippen LogP contribution in [0.1, 0.15) is 16.1 Å². The van der Waals surface area contributed by atoms with Crippen molar-refractivity contribution in [1.29, 1.82) is 0 Å². The lowest BCUT2D eigenvalue weighted by atomic mass is 10.1. The molecule has 3 N–H and O–H groups in total. The molecule has 0 aliphatic carbocycles. The van der Waals surface area contributed by atoms with Crippen LogP contribution in [0, 0.1) is 5.82 Å². The number of benzene rings is 1. The van der Waals surface area contributed by atoms with Gasteiger partial charge in [-0.15, -0.1) is 0 Å². The maximum absolute atomic E-state index is 13.8. The highest BCUT2D eigenvalue weighted by Crippen LogP contribution is 2.16. The number of hydrogen-bond acceptors (Lipinski definition) is 4. The van der Waals surface area contributed by atoms with E-state index in [-0.39, 0.29) is 24.7 Å². The van der Waals surface area contributed by atoms with Crippen LogP contribution in [0.25, 0.3) is 0 Å². The lowest BCUT2D eigenvalue weighted by Crippen LogP contribution is -2.18. The monoisotopic (exact) mass is 350 g/mol. The zero-order chi connectivity index (χ0) is 17.5. The number of carbonyl (C=O) groups excluding carboxylic acids is 1. The second-order valence-electron chi connectivity index (χ2n) is 4.78. The van der Waals surface area contributed by atoms with Crippen LogP contribution in [0.3, 0.4) is 0 Å². The van der Waals surface area contributed by atoms with Crippen molar-refractivity contribution in [2.45, 2.75) is 6.42 Å². The normalized spacial score (nSPS) is 11.2. The molecule has 0 unspecified atom stereocenters. The molecule has 8 heteroatoms. The topological polar surface area (TPSA) is 89.6 Å². The zero-order valence-electron chi connectivity index (χ0n) is 12.9. The third kappa shape index (κ3) is 4.92. The maximum Gasteiger partial charge on any atom is 0.281 e. The Morgan fingerprint density at radius 3 is 2.88 bits per heavy atom. The number of ether oxygens (including phenoxy) is 1. The summed E-state index contributed by atoms with van der Waals surface area (Å²) in [5.74, 6) is -0.809. The Balaban J connectivity index is 2.04. The van der Waals surface area contributed by atoms with Crippen LogP contribution in [-0.4, -0.2) is 30.6 Å². The van der Waals surface area contributed by atoms with E-state index in [9.17, 15) is 9.18 Å². The first-order valence-electron chi connectivity index (χ1n) is 7.06. The van der Waals surface area contributed by atoms with E-state index in [1.54, 1.807) is 6.07 Å². The molecule has 0 spiro atoms. The molecule has 1 aromatic heterocycles. The second-order valence-corrected chi connectivity index (χ2v) is 5.22.